The van der Waals surface area contributed by atoms with Crippen LogP contribution in [0.3, 0.4) is 0 Å². The number of hydrogen-bond donors (Lipinski definition) is 0. The van der Waals surface area contributed by atoms with Crippen LogP contribution >= 0.6 is 0 Å². The predicted octanol–water partition coefficient (Wildman–Crippen LogP) is 12.1. The monoisotopic (exact) mass is 639 g/mol. The molecule has 0 amide bonds. The Hall–Kier alpha value is -6.85. The third-order valence-electron chi connectivity index (χ3n) is 9.91. The molecular formula is C45H25N3O2. The summed E-state index contributed by atoms with van der Waals surface area (Å²) in [6.45, 7) is 0. The molecule has 5 heteroatoms. The second-order valence-corrected chi connectivity index (χ2v) is 12.7. The summed E-state index contributed by atoms with van der Waals surface area (Å²) >= 11 is 0. The van der Waals surface area contributed by atoms with E-state index in [0.717, 1.165) is 60.6 Å². The van der Waals surface area contributed by atoms with Crippen LogP contribution in [0.1, 0.15) is 0 Å². The summed E-state index contributed by atoms with van der Waals surface area (Å²) in [4.78, 5) is 15.4. The molecule has 8 aromatic carbocycles. The fraction of sp³-hybridized carbons (Fsp3) is 0. The molecule has 232 valence electrons. The van der Waals surface area contributed by atoms with Gasteiger partial charge in [-0.25, -0.2) is 15.0 Å². The number of nitrogens with zero attached hydrogens (tertiary/aromatic N) is 3. The van der Waals surface area contributed by atoms with Gasteiger partial charge in [0.1, 0.15) is 22.3 Å². The third-order valence-corrected chi connectivity index (χ3v) is 9.91. The van der Waals surface area contributed by atoms with Crippen molar-refractivity contribution in [3.63, 3.8) is 0 Å². The van der Waals surface area contributed by atoms with Gasteiger partial charge in [0.05, 0.1) is 5.56 Å². The molecule has 11 rings (SSSR count). The van der Waals surface area contributed by atoms with Crippen molar-refractivity contribution >= 4 is 76.2 Å². The van der Waals surface area contributed by atoms with Gasteiger partial charge in [0.15, 0.2) is 17.5 Å². The second kappa shape index (κ2) is 10.3. The van der Waals surface area contributed by atoms with Crippen molar-refractivity contribution in [3.8, 4) is 34.2 Å². The minimum atomic E-state index is 0.547. The lowest BCUT2D eigenvalue weighted by Crippen LogP contribution is -2.00. The van der Waals surface area contributed by atoms with Gasteiger partial charge in [-0.05, 0) is 62.6 Å². The number of furan rings is 2. The first-order valence-corrected chi connectivity index (χ1v) is 16.7. The summed E-state index contributed by atoms with van der Waals surface area (Å²) in [7, 11) is 0. The molecule has 0 radical (unpaired) electrons. The molecule has 0 N–H and O–H groups in total. The Morgan fingerprint density at radius 3 is 1.62 bits per heavy atom. The van der Waals surface area contributed by atoms with Crippen LogP contribution in [0, 0.1) is 0 Å². The van der Waals surface area contributed by atoms with Gasteiger partial charge in [-0.2, -0.15) is 0 Å². The van der Waals surface area contributed by atoms with Crippen molar-refractivity contribution in [2.24, 2.45) is 0 Å². The van der Waals surface area contributed by atoms with E-state index in [4.69, 9.17) is 23.8 Å². The molecule has 3 heterocycles. The first kappa shape index (κ1) is 27.1. The molecule has 11 aromatic rings. The summed E-state index contributed by atoms with van der Waals surface area (Å²) < 4.78 is 13.1. The van der Waals surface area contributed by atoms with Crippen LogP contribution in [-0.2, 0) is 0 Å². The predicted molar refractivity (Wildman–Crippen MR) is 203 cm³/mol. The van der Waals surface area contributed by atoms with Gasteiger partial charge in [0.2, 0.25) is 0 Å². The SMILES string of the molecule is c1ccc(-c2nc(-c3cccc4c3oc3ccccc34)nc(-c3cccc4oc5cc6c7ccccc7c7ccccc7c6cc5c34)n2)cc1. The summed E-state index contributed by atoms with van der Waals surface area (Å²) in [5, 5.41) is 11.3. The van der Waals surface area contributed by atoms with Crippen molar-refractivity contribution in [2.75, 3.05) is 0 Å². The lowest BCUT2D eigenvalue weighted by atomic mass is 9.93. The lowest BCUT2D eigenvalue weighted by molar-refractivity contribution is 0.669. The van der Waals surface area contributed by atoms with Gasteiger partial charge in [-0.1, -0.05) is 121 Å². The molecule has 0 saturated carbocycles. The first-order valence-electron chi connectivity index (χ1n) is 16.7. The maximum atomic E-state index is 6.62. The zero-order chi connectivity index (χ0) is 32.8. The highest BCUT2D eigenvalue weighted by molar-refractivity contribution is 6.28. The third kappa shape index (κ3) is 3.92. The zero-order valence-electron chi connectivity index (χ0n) is 26.6. The minimum absolute atomic E-state index is 0.547. The maximum Gasteiger partial charge on any atom is 0.167 e. The average molecular weight is 640 g/mol. The molecule has 50 heavy (non-hydrogen) atoms. The van der Waals surface area contributed by atoms with Crippen LogP contribution in [0.5, 0.6) is 0 Å². The number of para-hydroxylation sites is 2. The molecule has 0 unspecified atom stereocenters. The zero-order valence-corrected chi connectivity index (χ0v) is 26.6. The van der Waals surface area contributed by atoms with E-state index in [0.29, 0.717) is 17.5 Å². The molecule has 0 aliphatic rings. The fourth-order valence-corrected chi connectivity index (χ4v) is 7.67. The van der Waals surface area contributed by atoms with Gasteiger partial charge >= 0.3 is 0 Å². The van der Waals surface area contributed by atoms with E-state index in [1.807, 2.05) is 72.8 Å². The van der Waals surface area contributed by atoms with E-state index in [2.05, 4.69) is 78.9 Å². The molecular weight excluding hydrogens is 615 g/mol. The van der Waals surface area contributed by atoms with Gasteiger partial charge in [-0.15, -0.1) is 0 Å². The number of hydrogen-bond acceptors (Lipinski definition) is 5. The Morgan fingerprint density at radius 1 is 0.320 bits per heavy atom. The van der Waals surface area contributed by atoms with Crippen LogP contribution < -0.4 is 0 Å². The highest BCUT2D eigenvalue weighted by atomic mass is 16.3. The number of aromatic nitrogens is 3. The molecule has 0 saturated heterocycles. The standard InChI is InChI=1S/C45H25N3O2/c1-2-12-26(13-3-1)43-46-44(48-45(47-43)34-21-10-19-32-31-18-8-9-22-38(31)50-42(32)34)33-20-11-23-39-41(33)37-24-35-29-16-6-4-14-27(29)28-15-5-7-17-30(28)36(35)25-40(37)49-39/h1-25H. The Kier molecular flexibility index (Phi) is 5.60. The van der Waals surface area contributed by atoms with E-state index in [1.165, 1.54) is 32.3 Å². The van der Waals surface area contributed by atoms with Gasteiger partial charge < -0.3 is 8.83 Å². The van der Waals surface area contributed by atoms with Gasteiger partial charge in [0, 0.05) is 32.7 Å². The number of fused-ring (bicyclic) bond motifs is 12. The molecule has 0 atom stereocenters. The summed E-state index contributed by atoms with van der Waals surface area (Å²) in [6, 6.07) is 52.1. The topological polar surface area (TPSA) is 65.0 Å². The summed E-state index contributed by atoms with van der Waals surface area (Å²) in [5.41, 5.74) is 5.78. The Morgan fingerprint density at radius 2 is 0.860 bits per heavy atom. The molecule has 0 fully saturated rings. The molecule has 0 aliphatic carbocycles. The molecule has 0 spiro atoms. The second-order valence-electron chi connectivity index (χ2n) is 12.7. The van der Waals surface area contributed by atoms with Crippen molar-refractivity contribution in [1.82, 2.24) is 15.0 Å². The molecule has 3 aromatic heterocycles. The van der Waals surface area contributed by atoms with Crippen LogP contribution in [0.4, 0.5) is 0 Å². The highest BCUT2D eigenvalue weighted by Gasteiger charge is 2.21. The van der Waals surface area contributed by atoms with Crippen molar-refractivity contribution < 1.29 is 8.83 Å². The first-order chi connectivity index (χ1) is 24.8. The largest absolute Gasteiger partial charge is 0.456 e. The Balaban J connectivity index is 1.21. The number of benzene rings is 8. The summed E-state index contributed by atoms with van der Waals surface area (Å²) in [6.07, 6.45) is 0. The molecule has 5 nitrogen and oxygen atoms in total. The highest BCUT2D eigenvalue weighted by Crippen LogP contribution is 2.43. The van der Waals surface area contributed by atoms with Crippen molar-refractivity contribution in [2.45, 2.75) is 0 Å². The number of rotatable bonds is 3. The summed E-state index contributed by atoms with van der Waals surface area (Å²) in [5.74, 6) is 1.70. The Bertz CT molecular complexity index is 3160. The fourth-order valence-electron chi connectivity index (χ4n) is 7.67. The Labute approximate surface area is 285 Å². The van der Waals surface area contributed by atoms with E-state index >= 15 is 0 Å². The van der Waals surface area contributed by atoms with Gasteiger partial charge in [0.25, 0.3) is 0 Å². The normalized spacial score (nSPS) is 12.0. The van der Waals surface area contributed by atoms with E-state index in [9.17, 15) is 0 Å². The van der Waals surface area contributed by atoms with E-state index in [-0.39, 0.29) is 0 Å². The lowest BCUT2D eigenvalue weighted by Gasteiger charge is -2.11. The van der Waals surface area contributed by atoms with Crippen LogP contribution in [-0.4, -0.2) is 15.0 Å². The maximum absolute atomic E-state index is 6.62. The van der Waals surface area contributed by atoms with Crippen LogP contribution in [0.2, 0.25) is 0 Å². The van der Waals surface area contributed by atoms with E-state index < -0.39 is 0 Å². The smallest absolute Gasteiger partial charge is 0.167 e. The quantitative estimate of drug-likeness (QED) is 0.180. The van der Waals surface area contributed by atoms with Gasteiger partial charge in [-0.3, -0.25) is 0 Å². The average Bonchev–Trinajstić information content (AvgIpc) is 3.75. The molecule has 0 bridgehead atoms. The van der Waals surface area contributed by atoms with Crippen molar-refractivity contribution in [3.05, 3.63) is 152 Å². The van der Waals surface area contributed by atoms with Crippen molar-refractivity contribution in [1.29, 1.82) is 0 Å². The minimum Gasteiger partial charge on any atom is -0.456 e. The molecule has 0 aliphatic heterocycles. The van der Waals surface area contributed by atoms with Crippen LogP contribution in [0.25, 0.3) is 110 Å². The van der Waals surface area contributed by atoms with E-state index in [1.54, 1.807) is 0 Å². The van der Waals surface area contributed by atoms with Crippen LogP contribution in [0.15, 0.2) is 160 Å².